The molecule has 37 heavy (non-hydrogen) atoms. The maximum Gasteiger partial charge on any atom is 0.257 e. The molecule has 1 heterocycles. The molecule has 0 fully saturated rings. The van der Waals surface area contributed by atoms with Gasteiger partial charge in [-0.1, -0.05) is 48.0 Å². The van der Waals surface area contributed by atoms with Crippen LogP contribution in [-0.4, -0.2) is 21.1 Å². The minimum Gasteiger partial charge on any atom is -0.507 e. The van der Waals surface area contributed by atoms with Crippen LogP contribution in [0.1, 0.15) is 15.9 Å². The lowest BCUT2D eigenvalue weighted by Gasteiger charge is -2.12. The highest BCUT2D eigenvalue weighted by Gasteiger charge is 2.14. The van der Waals surface area contributed by atoms with Gasteiger partial charge in [-0.15, -0.1) is 0 Å². The number of benzene rings is 4. The average Bonchev–Trinajstić information content (AvgIpc) is 3.31. The van der Waals surface area contributed by atoms with E-state index in [2.05, 4.69) is 15.6 Å². The molecular formula is C28H20ClN3O4S. The van der Waals surface area contributed by atoms with E-state index in [1.165, 1.54) is 6.07 Å². The van der Waals surface area contributed by atoms with Crippen molar-refractivity contribution in [2.45, 2.75) is 6.61 Å². The number of fused-ring (bicyclic) bond motifs is 1. The number of phenolic OH excluding ortho intramolecular Hbond substituents is 1. The van der Waals surface area contributed by atoms with E-state index in [1.54, 1.807) is 54.6 Å². The van der Waals surface area contributed by atoms with Gasteiger partial charge in [-0.25, -0.2) is 4.98 Å². The first-order valence-electron chi connectivity index (χ1n) is 11.2. The average molecular weight is 530 g/mol. The van der Waals surface area contributed by atoms with Gasteiger partial charge in [0, 0.05) is 22.3 Å². The Bertz CT molecular complexity index is 1600. The van der Waals surface area contributed by atoms with E-state index in [0.717, 1.165) is 5.56 Å². The number of aromatic nitrogens is 1. The van der Waals surface area contributed by atoms with E-state index >= 15 is 0 Å². The number of aromatic hydroxyl groups is 1. The maximum absolute atomic E-state index is 12.7. The predicted molar refractivity (Wildman–Crippen MR) is 147 cm³/mol. The Labute approximate surface area is 222 Å². The molecular weight excluding hydrogens is 510 g/mol. The Balaban J connectivity index is 1.21. The van der Waals surface area contributed by atoms with Crippen molar-refractivity contribution >= 4 is 51.6 Å². The Morgan fingerprint density at radius 2 is 1.84 bits per heavy atom. The molecule has 184 valence electrons. The molecule has 0 saturated carbocycles. The number of amides is 1. The minimum atomic E-state index is -0.395. The van der Waals surface area contributed by atoms with Crippen molar-refractivity contribution < 1.29 is 19.1 Å². The van der Waals surface area contributed by atoms with Gasteiger partial charge in [-0.2, -0.15) is 0 Å². The highest BCUT2D eigenvalue weighted by molar-refractivity contribution is 7.80. The third-order valence-electron chi connectivity index (χ3n) is 5.41. The van der Waals surface area contributed by atoms with Gasteiger partial charge in [0.2, 0.25) is 5.89 Å². The number of nitrogens with one attached hydrogen (secondary N) is 2. The SMILES string of the molecule is O=C(NC(=S)Nc1ccc(-c2nc3cc(Cl)ccc3o2)c(O)c1)c1cccc(OCc2ccccc2)c1. The standard InChI is InChI=1S/C28H20ClN3O4S/c29-19-9-12-25-23(14-19)31-27(36-25)22-11-10-20(15-24(22)33)30-28(37)32-26(34)18-7-4-8-21(13-18)35-16-17-5-2-1-3-6-17/h1-15,33H,16H2,(H2,30,32,34,37). The first-order valence-corrected chi connectivity index (χ1v) is 12.0. The van der Waals surface area contributed by atoms with Gasteiger partial charge in [0.1, 0.15) is 23.6 Å². The summed E-state index contributed by atoms with van der Waals surface area (Å²) in [5.74, 6) is 0.359. The topological polar surface area (TPSA) is 96.6 Å². The van der Waals surface area contributed by atoms with E-state index in [0.29, 0.717) is 45.3 Å². The van der Waals surface area contributed by atoms with Crippen molar-refractivity contribution in [3.8, 4) is 23.0 Å². The van der Waals surface area contributed by atoms with Crippen LogP contribution in [0.2, 0.25) is 5.02 Å². The summed E-state index contributed by atoms with van der Waals surface area (Å²) in [7, 11) is 0. The van der Waals surface area contributed by atoms with Crippen LogP contribution < -0.4 is 15.4 Å². The van der Waals surface area contributed by atoms with Gasteiger partial charge in [0.25, 0.3) is 5.91 Å². The molecule has 5 rings (SSSR count). The Morgan fingerprint density at radius 1 is 1.00 bits per heavy atom. The zero-order chi connectivity index (χ0) is 25.8. The fourth-order valence-electron chi connectivity index (χ4n) is 3.61. The lowest BCUT2D eigenvalue weighted by molar-refractivity contribution is 0.0977. The highest BCUT2D eigenvalue weighted by Crippen LogP contribution is 2.33. The van der Waals surface area contributed by atoms with E-state index in [-0.39, 0.29) is 16.8 Å². The molecule has 0 aliphatic rings. The quantitative estimate of drug-likeness (QED) is 0.214. The maximum atomic E-state index is 12.7. The molecule has 0 bridgehead atoms. The van der Waals surface area contributed by atoms with Crippen LogP contribution in [0.4, 0.5) is 5.69 Å². The summed E-state index contributed by atoms with van der Waals surface area (Å²) in [6, 6.07) is 26.5. The Hall–Kier alpha value is -4.40. The molecule has 0 spiro atoms. The van der Waals surface area contributed by atoms with Crippen LogP contribution in [-0.2, 0) is 6.61 Å². The summed E-state index contributed by atoms with van der Waals surface area (Å²) in [6.07, 6.45) is 0. The van der Waals surface area contributed by atoms with Gasteiger partial charge in [-0.05, 0) is 66.3 Å². The van der Waals surface area contributed by atoms with E-state index < -0.39 is 5.91 Å². The number of phenols is 1. The summed E-state index contributed by atoms with van der Waals surface area (Å²) in [5.41, 5.74) is 3.44. The summed E-state index contributed by atoms with van der Waals surface area (Å²) < 4.78 is 11.5. The number of oxazole rings is 1. The van der Waals surface area contributed by atoms with Gasteiger partial charge >= 0.3 is 0 Å². The van der Waals surface area contributed by atoms with Crippen LogP contribution in [0.5, 0.6) is 11.5 Å². The number of anilines is 1. The molecule has 0 saturated heterocycles. The molecule has 1 amide bonds. The second-order valence-corrected chi connectivity index (χ2v) is 8.92. The van der Waals surface area contributed by atoms with Crippen molar-refractivity contribution in [2.75, 3.05) is 5.32 Å². The number of hydrogen-bond donors (Lipinski definition) is 3. The molecule has 0 aliphatic heterocycles. The largest absolute Gasteiger partial charge is 0.507 e. The fourth-order valence-corrected chi connectivity index (χ4v) is 3.99. The number of carbonyl (C=O) groups is 1. The molecule has 3 N–H and O–H groups in total. The second-order valence-electron chi connectivity index (χ2n) is 8.07. The van der Waals surface area contributed by atoms with Crippen molar-refractivity contribution in [1.29, 1.82) is 0 Å². The highest BCUT2D eigenvalue weighted by atomic mass is 35.5. The second kappa shape index (κ2) is 10.7. The number of carbonyl (C=O) groups excluding carboxylic acids is 1. The monoisotopic (exact) mass is 529 g/mol. The third kappa shape index (κ3) is 5.88. The lowest BCUT2D eigenvalue weighted by Crippen LogP contribution is -2.34. The van der Waals surface area contributed by atoms with Crippen molar-refractivity contribution in [3.05, 3.63) is 107 Å². The van der Waals surface area contributed by atoms with Gasteiger partial charge in [0.05, 0.1) is 5.56 Å². The van der Waals surface area contributed by atoms with Crippen LogP contribution in [0.25, 0.3) is 22.6 Å². The fraction of sp³-hybridized carbons (Fsp3) is 0.0357. The molecule has 0 radical (unpaired) electrons. The normalized spacial score (nSPS) is 10.7. The van der Waals surface area contributed by atoms with Crippen LogP contribution in [0, 0.1) is 0 Å². The third-order valence-corrected chi connectivity index (χ3v) is 5.85. The molecule has 1 aromatic heterocycles. The predicted octanol–water partition coefficient (Wildman–Crippen LogP) is 6.56. The van der Waals surface area contributed by atoms with Crippen molar-refractivity contribution in [3.63, 3.8) is 0 Å². The van der Waals surface area contributed by atoms with Crippen LogP contribution in [0.3, 0.4) is 0 Å². The van der Waals surface area contributed by atoms with Crippen molar-refractivity contribution in [2.24, 2.45) is 0 Å². The van der Waals surface area contributed by atoms with Gasteiger partial charge in [-0.3, -0.25) is 10.1 Å². The molecule has 4 aromatic carbocycles. The number of thiocarbonyl (C=S) groups is 1. The summed E-state index contributed by atoms with van der Waals surface area (Å²) >= 11 is 11.3. The minimum absolute atomic E-state index is 0.0694. The number of ether oxygens (including phenoxy) is 1. The zero-order valence-electron chi connectivity index (χ0n) is 19.3. The van der Waals surface area contributed by atoms with E-state index in [9.17, 15) is 9.90 Å². The van der Waals surface area contributed by atoms with E-state index in [1.807, 2.05) is 30.3 Å². The first kappa shape index (κ1) is 24.3. The Kier molecular flexibility index (Phi) is 7.02. The molecule has 5 aromatic rings. The van der Waals surface area contributed by atoms with E-state index in [4.69, 9.17) is 33.0 Å². The van der Waals surface area contributed by atoms with Crippen LogP contribution >= 0.6 is 23.8 Å². The van der Waals surface area contributed by atoms with Crippen molar-refractivity contribution in [1.82, 2.24) is 10.3 Å². The summed E-state index contributed by atoms with van der Waals surface area (Å²) in [4.78, 5) is 17.1. The number of halogens is 1. The lowest BCUT2D eigenvalue weighted by atomic mass is 10.2. The Morgan fingerprint density at radius 3 is 2.65 bits per heavy atom. The summed E-state index contributed by atoms with van der Waals surface area (Å²) in [6.45, 7) is 0.392. The molecule has 9 heteroatoms. The molecule has 0 unspecified atom stereocenters. The zero-order valence-corrected chi connectivity index (χ0v) is 20.8. The van der Waals surface area contributed by atoms with Gasteiger partial charge < -0.3 is 19.6 Å². The summed E-state index contributed by atoms with van der Waals surface area (Å²) in [5, 5.41) is 16.7. The smallest absolute Gasteiger partial charge is 0.257 e. The van der Waals surface area contributed by atoms with Gasteiger partial charge in [0.15, 0.2) is 10.7 Å². The number of nitrogens with zero attached hydrogens (tertiary/aromatic N) is 1. The van der Waals surface area contributed by atoms with Crippen LogP contribution in [0.15, 0.2) is 95.4 Å². The molecule has 0 aliphatic carbocycles. The molecule has 0 atom stereocenters. The first-order chi connectivity index (χ1) is 17.9. The number of hydrogen-bond acceptors (Lipinski definition) is 6. The molecule has 7 nitrogen and oxygen atoms in total. The number of rotatable bonds is 6.